The van der Waals surface area contributed by atoms with Crippen molar-refractivity contribution in [2.24, 2.45) is 0 Å². The van der Waals surface area contributed by atoms with Crippen molar-refractivity contribution in [1.29, 1.82) is 0 Å². The summed E-state index contributed by atoms with van der Waals surface area (Å²) in [5.41, 5.74) is 3.29. The summed E-state index contributed by atoms with van der Waals surface area (Å²) in [4.78, 5) is 13.8. The Kier molecular flexibility index (Phi) is 3.88. The Labute approximate surface area is 136 Å². The minimum absolute atomic E-state index is 0.150. The third kappa shape index (κ3) is 2.71. The fourth-order valence-electron chi connectivity index (χ4n) is 2.23. The predicted molar refractivity (Wildman–Crippen MR) is 91.6 cm³/mol. The highest BCUT2D eigenvalue weighted by Crippen LogP contribution is 2.33. The van der Waals surface area contributed by atoms with Crippen molar-refractivity contribution >= 4 is 28.5 Å². The fourth-order valence-corrected chi connectivity index (χ4v) is 3.19. The summed E-state index contributed by atoms with van der Waals surface area (Å²) >= 11 is 7.16. The number of benzene rings is 2. The lowest BCUT2D eigenvalue weighted by Crippen LogP contribution is -1.89. The highest BCUT2D eigenvalue weighted by Gasteiger charge is 2.13. The fraction of sp³-hybridized carbons (Fsp3) is 0. The van der Waals surface area contributed by atoms with Gasteiger partial charge in [-0.3, -0.25) is 9.78 Å². The summed E-state index contributed by atoms with van der Waals surface area (Å²) in [5, 5.41) is 10.4. The van der Waals surface area contributed by atoms with Gasteiger partial charge in [0.1, 0.15) is 0 Å². The monoisotopic (exact) mass is 329 g/mol. The first-order valence-corrected chi connectivity index (χ1v) is 7.72. The van der Waals surface area contributed by atoms with Crippen molar-refractivity contribution in [3.05, 3.63) is 80.2 Å². The Balaban J connectivity index is 2.05. The SMILES string of the molecule is C=C(c1cccc(-c2ccccc2Cl)c1)c1sc(=O)[nH]c1O. The second-order valence-corrected chi connectivity index (χ2v) is 6.12. The number of halogens is 1. The van der Waals surface area contributed by atoms with E-state index >= 15 is 0 Å². The molecule has 0 aliphatic carbocycles. The first kappa shape index (κ1) is 14.6. The van der Waals surface area contributed by atoms with Crippen LogP contribution >= 0.6 is 22.9 Å². The number of aromatic nitrogens is 1. The predicted octanol–water partition coefficient (Wildman–Crippen LogP) is 4.52. The van der Waals surface area contributed by atoms with Gasteiger partial charge in [0, 0.05) is 10.6 Å². The standard InChI is InChI=1S/C17H12ClNO2S/c1-10(15-16(20)19-17(21)22-15)11-5-4-6-12(9-11)13-7-2-3-8-14(13)18/h2-9,20H,1H2,(H,19,21). The Morgan fingerprint density at radius 1 is 1.18 bits per heavy atom. The molecule has 0 bridgehead atoms. The highest BCUT2D eigenvalue weighted by molar-refractivity contribution is 7.10. The van der Waals surface area contributed by atoms with Crippen LogP contribution in [0, 0.1) is 0 Å². The second-order valence-electron chi connectivity index (χ2n) is 4.73. The lowest BCUT2D eigenvalue weighted by molar-refractivity contribution is 0.455. The van der Waals surface area contributed by atoms with Gasteiger partial charge in [-0.25, -0.2) is 0 Å². The first-order chi connectivity index (χ1) is 10.6. The van der Waals surface area contributed by atoms with Crippen LogP contribution in [-0.4, -0.2) is 10.1 Å². The zero-order chi connectivity index (χ0) is 15.7. The molecule has 0 aliphatic rings. The molecule has 110 valence electrons. The van der Waals surface area contributed by atoms with Crippen LogP contribution in [0.1, 0.15) is 10.4 Å². The van der Waals surface area contributed by atoms with Gasteiger partial charge in [0.2, 0.25) is 5.88 Å². The Bertz CT molecular complexity index is 911. The molecule has 0 atom stereocenters. The zero-order valence-corrected chi connectivity index (χ0v) is 13.0. The topological polar surface area (TPSA) is 53.1 Å². The number of thiazole rings is 1. The number of aromatic hydroxyl groups is 1. The Morgan fingerprint density at radius 3 is 2.64 bits per heavy atom. The maximum Gasteiger partial charge on any atom is 0.307 e. The molecule has 0 spiro atoms. The van der Waals surface area contributed by atoms with E-state index in [1.54, 1.807) is 0 Å². The Morgan fingerprint density at radius 2 is 1.95 bits per heavy atom. The molecule has 1 heterocycles. The molecule has 1 aromatic heterocycles. The quantitative estimate of drug-likeness (QED) is 0.742. The van der Waals surface area contributed by atoms with Crippen LogP contribution in [-0.2, 0) is 0 Å². The van der Waals surface area contributed by atoms with Crippen LogP contribution in [0.3, 0.4) is 0 Å². The summed E-state index contributed by atoms with van der Waals surface area (Å²) in [7, 11) is 0. The van der Waals surface area contributed by atoms with Gasteiger partial charge in [0.25, 0.3) is 0 Å². The summed E-state index contributed by atoms with van der Waals surface area (Å²) in [6, 6.07) is 15.2. The molecule has 5 heteroatoms. The molecule has 0 aliphatic heterocycles. The summed E-state index contributed by atoms with van der Waals surface area (Å²) in [6.07, 6.45) is 0. The molecule has 22 heavy (non-hydrogen) atoms. The van der Waals surface area contributed by atoms with Crippen molar-refractivity contribution in [2.75, 3.05) is 0 Å². The largest absolute Gasteiger partial charge is 0.493 e. The molecule has 0 saturated carbocycles. The van der Waals surface area contributed by atoms with Gasteiger partial charge in [-0.1, -0.05) is 65.9 Å². The molecular weight excluding hydrogens is 318 g/mol. The Hall–Kier alpha value is -2.30. The van der Waals surface area contributed by atoms with E-state index in [1.165, 1.54) is 0 Å². The van der Waals surface area contributed by atoms with E-state index in [0.29, 0.717) is 15.5 Å². The molecule has 2 aromatic carbocycles. The van der Waals surface area contributed by atoms with Crippen LogP contribution in [0.5, 0.6) is 5.88 Å². The maximum atomic E-state index is 11.3. The second kappa shape index (κ2) is 5.83. The van der Waals surface area contributed by atoms with E-state index in [0.717, 1.165) is 28.0 Å². The van der Waals surface area contributed by atoms with Crippen LogP contribution in [0.4, 0.5) is 0 Å². The van der Waals surface area contributed by atoms with E-state index in [4.69, 9.17) is 11.6 Å². The molecule has 0 radical (unpaired) electrons. The number of H-pyrrole nitrogens is 1. The minimum atomic E-state index is -0.309. The average Bonchev–Trinajstić information content (AvgIpc) is 2.86. The van der Waals surface area contributed by atoms with Gasteiger partial charge in [-0.05, 0) is 28.8 Å². The smallest absolute Gasteiger partial charge is 0.307 e. The van der Waals surface area contributed by atoms with Gasteiger partial charge in [-0.2, -0.15) is 0 Å². The van der Waals surface area contributed by atoms with Gasteiger partial charge in [0.15, 0.2) is 0 Å². The molecule has 0 unspecified atom stereocenters. The van der Waals surface area contributed by atoms with Gasteiger partial charge in [-0.15, -0.1) is 0 Å². The van der Waals surface area contributed by atoms with Crippen LogP contribution in [0.2, 0.25) is 5.02 Å². The molecule has 3 aromatic rings. The van der Waals surface area contributed by atoms with E-state index < -0.39 is 0 Å². The number of nitrogens with one attached hydrogen (secondary N) is 1. The molecule has 3 nitrogen and oxygen atoms in total. The van der Waals surface area contributed by atoms with Crippen molar-refractivity contribution < 1.29 is 5.11 Å². The van der Waals surface area contributed by atoms with Crippen LogP contribution in [0.15, 0.2) is 59.9 Å². The van der Waals surface area contributed by atoms with Crippen LogP contribution < -0.4 is 4.87 Å². The number of hydrogen-bond acceptors (Lipinski definition) is 3. The number of hydrogen-bond donors (Lipinski definition) is 2. The molecular formula is C17H12ClNO2S. The lowest BCUT2D eigenvalue weighted by Gasteiger charge is -2.08. The molecule has 2 N–H and O–H groups in total. The summed E-state index contributed by atoms with van der Waals surface area (Å²) in [5.74, 6) is -0.150. The third-order valence-corrected chi connectivity index (χ3v) is 4.56. The van der Waals surface area contributed by atoms with Crippen molar-refractivity contribution in [3.8, 4) is 17.0 Å². The van der Waals surface area contributed by atoms with E-state index in [2.05, 4.69) is 11.6 Å². The van der Waals surface area contributed by atoms with E-state index in [9.17, 15) is 9.90 Å². The number of aromatic amines is 1. The van der Waals surface area contributed by atoms with Gasteiger partial charge < -0.3 is 5.11 Å². The van der Waals surface area contributed by atoms with Crippen LogP contribution in [0.25, 0.3) is 16.7 Å². The van der Waals surface area contributed by atoms with E-state index in [1.807, 2.05) is 48.5 Å². The summed E-state index contributed by atoms with van der Waals surface area (Å²) in [6.45, 7) is 3.99. The van der Waals surface area contributed by atoms with Gasteiger partial charge in [0.05, 0.1) is 4.88 Å². The maximum absolute atomic E-state index is 11.3. The van der Waals surface area contributed by atoms with Gasteiger partial charge >= 0.3 is 4.87 Å². The molecule has 0 saturated heterocycles. The third-order valence-electron chi connectivity index (χ3n) is 3.30. The van der Waals surface area contributed by atoms with Crippen molar-refractivity contribution in [2.45, 2.75) is 0 Å². The van der Waals surface area contributed by atoms with Crippen molar-refractivity contribution in [1.82, 2.24) is 4.98 Å². The first-order valence-electron chi connectivity index (χ1n) is 6.53. The van der Waals surface area contributed by atoms with E-state index in [-0.39, 0.29) is 10.8 Å². The van der Waals surface area contributed by atoms with Crippen molar-refractivity contribution in [3.63, 3.8) is 0 Å². The zero-order valence-electron chi connectivity index (χ0n) is 11.5. The minimum Gasteiger partial charge on any atom is -0.493 e. The molecule has 0 fully saturated rings. The summed E-state index contributed by atoms with van der Waals surface area (Å²) < 4.78 is 0. The average molecular weight is 330 g/mol. The molecule has 3 rings (SSSR count). The molecule has 0 amide bonds. The highest BCUT2D eigenvalue weighted by atomic mass is 35.5. The lowest BCUT2D eigenvalue weighted by atomic mass is 9.99. The normalized spacial score (nSPS) is 10.6. The number of rotatable bonds is 3.